The summed E-state index contributed by atoms with van der Waals surface area (Å²) in [6.45, 7) is 2.90. The maximum Gasteiger partial charge on any atom is 0.220 e. The van der Waals surface area contributed by atoms with Gasteiger partial charge in [-0.15, -0.1) is 0 Å². The number of hydrogen-bond acceptors (Lipinski definition) is 4. The number of amides is 1. The topological polar surface area (TPSA) is 86.6 Å². The Kier molecular flexibility index (Phi) is 6.37. The molecule has 0 rings (SSSR count). The summed E-state index contributed by atoms with van der Waals surface area (Å²) < 4.78 is 0. The summed E-state index contributed by atoms with van der Waals surface area (Å²) >= 11 is 0. The van der Waals surface area contributed by atoms with Crippen LogP contribution >= 0.6 is 0 Å². The van der Waals surface area contributed by atoms with Crippen LogP contribution in [0.2, 0.25) is 0 Å². The average molecular weight is 215 g/mol. The minimum Gasteiger partial charge on any atom is -0.513 e. The van der Waals surface area contributed by atoms with Crippen molar-refractivity contribution in [3.63, 3.8) is 0 Å². The molecule has 0 aliphatic heterocycles. The van der Waals surface area contributed by atoms with Crippen molar-refractivity contribution < 1.29 is 19.8 Å². The van der Waals surface area contributed by atoms with Gasteiger partial charge in [-0.1, -0.05) is 0 Å². The third-order valence-electron chi connectivity index (χ3n) is 1.58. The molecule has 5 nitrogen and oxygen atoms in total. The van der Waals surface area contributed by atoms with E-state index in [-0.39, 0.29) is 36.8 Å². The Labute approximate surface area is 88.8 Å². The molecule has 1 unspecified atom stereocenters. The van der Waals surface area contributed by atoms with Crippen molar-refractivity contribution in [3.05, 3.63) is 11.8 Å². The molecule has 0 aromatic carbocycles. The summed E-state index contributed by atoms with van der Waals surface area (Å²) in [6.07, 6.45) is 0.792. The lowest BCUT2D eigenvalue weighted by molar-refractivity contribution is -0.124. The van der Waals surface area contributed by atoms with Crippen LogP contribution in [0.25, 0.3) is 0 Å². The number of rotatable bonds is 6. The average Bonchev–Trinajstić information content (AvgIpc) is 2.10. The Balaban J connectivity index is 3.76. The first-order valence-electron chi connectivity index (χ1n) is 4.75. The molecule has 0 aromatic heterocycles. The molecular weight excluding hydrogens is 198 g/mol. The molecular formula is C10H17NO4. The fourth-order valence-corrected chi connectivity index (χ4v) is 0.915. The standard InChI is InChI=1S/C10H17NO4/c1-7(12)5-9(14)3-4-10(15)11-6-8(2)13/h5,7,12,14H,3-4,6H2,1-2H3,(H,11,15). The molecule has 0 spiro atoms. The molecule has 0 aromatic rings. The van der Waals surface area contributed by atoms with E-state index in [0.29, 0.717) is 0 Å². The molecule has 0 aliphatic rings. The Morgan fingerprint density at radius 1 is 1.40 bits per heavy atom. The highest BCUT2D eigenvalue weighted by atomic mass is 16.3. The second-order valence-electron chi connectivity index (χ2n) is 3.38. The molecule has 0 saturated carbocycles. The minimum atomic E-state index is -0.731. The molecule has 3 N–H and O–H groups in total. The highest BCUT2D eigenvalue weighted by Gasteiger charge is 2.04. The molecule has 1 amide bonds. The number of aliphatic hydroxyl groups excluding tert-OH is 2. The number of carbonyl (C=O) groups is 2. The van der Waals surface area contributed by atoms with Gasteiger partial charge < -0.3 is 15.5 Å². The molecule has 0 radical (unpaired) electrons. The molecule has 1 atom stereocenters. The van der Waals surface area contributed by atoms with Gasteiger partial charge in [0, 0.05) is 12.8 Å². The van der Waals surface area contributed by atoms with Crippen LogP contribution < -0.4 is 5.32 Å². The van der Waals surface area contributed by atoms with Gasteiger partial charge in [-0.25, -0.2) is 0 Å². The van der Waals surface area contributed by atoms with Gasteiger partial charge in [0.2, 0.25) is 5.91 Å². The Hall–Kier alpha value is -1.36. The number of allylic oxidation sites excluding steroid dienone is 1. The van der Waals surface area contributed by atoms with Crippen LogP contribution in [0, 0.1) is 0 Å². The van der Waals surface area contributed by atoms with E-state index in [0.717, 1.165) is 0 Å². The highest BCUT2D eigenvalue weighted by Crippen LogP contribution is 2.02. The molecule has 15 heavy (non-hydrogen) atoms. The van der Waals surface area contributed by atoms with Crippen LogP contribution in [0.4, 0.5) is 0 Å². The maximum atomic E-state index is 11.1. The quantitative estimate of drug-likeness (QED) is 0.556. The predicted molar refractivity (Wildman–Crippen MR) is 55.3 cm³/mol. The summed E-state index contributed by atoms with van der Waals surface area (Å²) in [7, 11) is 0. The van der Waals surface area contributed by atoms with Crippen molar-refractivity contribution in [2.75, 3.05) is 6.54 Å². The second kappa shape index (κ2) is 7.00. The number of carbonyl (C=O) groups excluding carboxylic acids is 2. The van der Waals surface area contributed by atoms with Crippen molar-refractivity contribution in [1.29, 1.82) is 0 Å². The zero-order valence-corrected chi connectivity index (χ0v) is 8.99. The molecule has 0 fully saturated rings. The summed E-state index contributed by atoms with van der Waals surface area (Å²) in [4.78, 5) is 21.6. The summed E-state index contributed by atoms with van der Waals surface area (Å²) in [5, 5.41) is 20.5. The van der Waals surface area contributed by atoms with Gasteiger partial charge in [0.15, 0.2) is 0 Å². The summed E-state index contributed by atoms with van der Waals surface area (Å²) in [5.74, 6) is -0.439. The highest BCUT2D eigenvalue weighted by molar-refractivity contribution is 5.84. The van der Waals surface area contributed by atoms with Crippen LogP contribution in [0.3, 0.4) is 0 Å². The molecule has 0 saturated heterocycles. The van der Waals surface area contributed by atoms with E-state index in [1.165, 1.54) is 19.9 Å². The first kappa shape index (κ1) is 13.6. The van der Waals surface area contributed by atoms with Crippen molar-refractivity contribution in [1.82, 2.24) is 5.32 Å². The van der Waals surface area contributed by atoms with Gasteiger partial charge in [0.05, 0.1) is 18.4 Å². The van der Waals surface area contributed by atoms with Gasteiger partial charge in [-0.3, -0.25) is 9.59 Å². The zero-order valence-electron chi connectivity index (χ0n) is 8.99. The van der Waals surface area contributed by atoms with E-state index >= 15 is 0 Å². The number of aliphatic hydroxyl groups is 2. The van der Waals surface area contributed by atoms with E-state index in [1.54, 1.807) is 0 Å². The zero-order chi connectivity index (χ0) is 11.8. The molecule has 5 heteroatoms. The maximum absolute atomic E-state index is 11.1. The van der Waals surface area contributed by atoms with Gasteiger partial charge in [0.25, 0.3) is 0 Å². The van der Waals surface area contributed by atoms with Crippen LogP contribution in [0.5, 0.6) is 0 Å². The lowest BCUT2D eigenvalue weighted by atomic mass is 10.2. The van der Waals surface area contributed by atoms with E-state index in [1.807, 2.05) is 0 Å². The largest absolute Gasteiger partial charge is 0.513 e. The molecule has 86 valence electrons. The van der Waals surface area contributed by atoms with Crippen LogP contribution in [-0.4, -0.2) is 34.6 Å². The first-order chi connectivity index (χ1) is 6.91. The third kappa shape index (κ3) is 8.96. The number of Topliss-reactive ketones (excluding diaryl/α,β-unsaturated/α-hetero) is 1. The number of nitrogens with one attached hydrogen (secondary N) is 1. The van der Waals surface area contributed by atoms with Crippen LogP contribution in [0.1, 0.15) is 26.7 Å². The van der Waals surface area contributed by atoms with Crippen molar-refractivity contribution in [3.8, 4) is 0 Å². The molecule has 0 bridgehead atoms. The monoisotopic (exact) mass is 215 g/mol. The van der Waals surface area contributed by atoms with E-state index in [4.69, 9.17) is 5.11 Å². The van der Waals surface area contributed by atoms with Crippen LogP contribution in [-0.2, 0) is 9.59 Å². The van der Waals surface area contributed by atoms with Gasteiger partial charge in [-0.2, -0.15) is 0 Å². The van der Waals surface area contributed by atoms with Gasteiger partial charge >= 0.3 is 0 Å². The normalized spacial score (nSPS) is 13.4. The lowest BCUT2D eigenvalue weighted by Gasteiger charge is -2.03. The Morgan fingerprint density at radius 2 is 2.00 bits per heavy atom. The summed E-state index contributed by atoms with van der Waals surface area (Å²) in [6, 6.07) is 0. The number of ketones is 1. The smallest absolute Gasteiger partial charge is 0.220 e. The van der Waals surface area contributed by atoms with Crippen LogP contribution in [0.15, 0.2) is 11.8 Å². The fourth-order valence-electron chi connectivity index (χ4n) is 0.915. The Bertz CT molecular complexity index is 258. The van der Waals surface area contributed by atoms with Crippen molar-refractivity contribution in [2.24, 2.45) is 0 Å². The molecule has 0 heterocycles. The number of hydrogen-bond donors (Lipinski definition) is 3. The summed E-state index contributed by atoms with van der Waals surface area (Å²) in [5.41, 5.74) is 0. The van der Waals surface area contributed by atoms with Gasteiger partial charge in [0.1, 0.15) is 5.78 Å². The van der Waals surface area contributed by atoms with E-state index in [2.05, 4.69) is 5.32 Å². The first-order valence-corrected chi connectivity index (χ1v) is 4.75. The Morgan fingerprint density at radius 3 is 2.47 bits per heavy atom. The molecule has 0 aliphatic carbocycles. The predicted octanol–water partition coefficient (Wildman–Crippen LogP) is 0.295. The SMILES string of the molecule is CC(=O)CNC(=O)CCC(O)=CC(C)O. The van der Waals surface area contributed by atoms with Crippen molar-refractivity contribution >= 4 is 11.7 Å². The second-order valence-corrected chi connectivity index (χ2v) is 3.38. The lowest BCUT2D eigenvalue weighted by Crippen LogP contribution is -2.28. The third-order valence-corrected chi connectivity index (χ3v) is 1.58. The van der Waals surface area contributed by atoms with Gasteiger partial charge in [-0.05, 0) is 19.9 Å². The van der Waals surface area contributed by atoms with E-state index < -0.39 is 6.10 Å². The van der Waals surface area contributed by atoms with Crippen molar-refractivity contribution in [2.45, 2.75) is 32.8 Å². The minimum absolute atomic E-state index is 0.0136. The fraction of sp³-hybridized carbons (Fsp3) is 0.600. The van der Waals surface area contributed by atoms with E-state index in [9.17, 15) is 14.7 Å².